The number of carbonyl (C=O) groups is 2. The van der Waals surface area contributed by atoms with Crippen LogP contribution in [0.2, 0.25) is 5.02 Å². The molecule has 7 heteroatoms. The fourth-order valence-electron chi connectivity index (χ4n) is 3.02. The number of hydrogen-bond acceptors (Lipinski definition) is 3. The second-order valence-electron chi connectivity index (χ2n) is 6.94. The minimum absolute atomic E-state index is 0.142. The fourth-order valence-corrected chi connectivity index (χ4v) is 3.75. The molecule has 1 atom stereocenters. The van der Waals surface area contributed by atoms with E-state index in [0.717, 1.165) is 22.9 Å². The Labute approximate surface area is 191 Å². The van der Waals surface area contributed by atoms with Crippen molar-refractivity contribution < 1.29 is 14.3 Å². The Balaban J connectivity index is 2.16. The van der Waals surface area contributed by atoms with Gasteiger partial charge >= 0.3 is 0 Å². The van der Waals surface area contributed by atoms with Gasteiger partial charge in [-0.1, -0.05) is 78.1 Å². The molecule has 0 aromatic heterocycles. The highest BCUT2D eigenvalue weighted by Gasteiger charge is 2.28. The SMILES string of the molecule is CCCCNC(=O)[C@H](CC)N(Cc1ccccc1)C(=O)COc1ccc(Br)cc1Cl. The molecular weight excluding hydrogens is 468 g/mol. The molecule has 0 radical (unpaired) electrons. The van der Waals surface area contributed by atoms with E-state index in [2.05, 4.69) is 28.2 Å². The molecule has 0 aliphatic rings. The van der Waals surface area contributed by atoms with Crippen LogP contribution in [0.5, 0.6) is 5.75 Å². The van der Waals surface area contributed by atoms with Gasteiger partial charge < -0.3 is 15.0 Å². The van der Waals surface area contributed by atoms with Crippen LogP contribution in [0.4, 0.5) is 0 Å². The van der Waals surface area contributed by atoms with Crippen LogP contribution in [0.1, 0.15) is 38.7 Å². The summed E-state index contributed by atoms with van der Waals surface area (Å²) < 4.78 is 6.50. The molecule has 2 aromatic carbocycles. The number of carbonyl (C=O) groups excluding carboxylic acids is 2. The van der Waals surface area contributed by atoms with E-state index in [-0.39, 0.29) is 18.4 Å². The van der Waals surface area contributed by atoms with Crippen LogP contribution in [0, 0.1) is 0 Å². The zero-order valence-electron chi connectivity index (χ0n) is 17.4. The largest absolute Gasteiger partial charge is 0.482 e. The van der Waals surface area contributed by atoms with Gasteiger partial charge in [0.15, 0.2) is 6.61 Å². The minimum Gasteiger partial charge on any atom is -0.482 e. The number of benzene rings is 2. The summed E-state index contributed by atoms with van der Waals surface area (Å²) in [4.78, 5) is 27.5. The maximum Gasteiger partial charge on any atom is 0.261 e. The molecule has 0 spiro atoms. The first kappa shape index (κ1) is 24.2. The predicted molar refractivity (Wildman–Crippen MR) is 124 cm³/mol. The van der Waals surface area contributed by atoms with Crippen molar-refractivity contribution in [2.24, 2.45) is 0 Å². The molecule has 2 amide bonds. The maximum atomic E-state index is 13.1. The van der Waals surface area contributed by atoms with Crippen molar-refractivity contribution in [3.05, 3.63) is 63.6 Å². The van der Waals surface area contributed by atoms with Gasteiger partial charge in [-0.15, -0.1) is 0 Å². The lowest BCUT2D eigenvalue weighted by Crippen LogP contribution is -2.50. The highest BCUT2D eigenvalue weighted by Crippen LogP contribution is 2.27. The standard InChI is InChI=1S/C23H28BrClN2O3/c1-3-5-13-26-23(29)20(4-2)27(15-17-9-7-6-8-10-17)22(28)16-30-21-12-11-18(24)14-19(21)25/h6-12,14,20H,3-5,13,15-16H2,1-2H3,(H,26,29)/t20-/m0/s1. The number of ether oxygens (including phenoxy) is 1. The molecule has 0 unspecified atom stereocenters. The molecule has 0 bridgehead atoms. The Morgan fingerprint density at radius 2 is 1.90 bits per heavy atom. The van der Waals surface area contributed by atoms with Crippen molar-refractivity contribution in [2.45, 2.75) is 45.7 Å². The topological polar surface area (TPSA) is 58.6 Å². The third kappa shape index (κ3) is 7.33. The molecule has 2 rings (SSSR count). The molecule has 30 heavy (non-hydrogen) atoms. The monoisotopic (exact) mass is 494 g/mol. The quantitative estimate of drug-likeness (QED) is 0.436. The van der Waals surface area contributed by atoms with Crippen LogP contribution in [0.3, 0.4) is 0 Å². The van der Waals surface area contributed by atoms with Crippen LogP contribution in [0.15, 0.2) is 53.0 Å². The summed E-state index contributed by atoms with van der Waals surface area (Å²) in [6, 6.07) is 14.3. The van der Waals surface area contributed by atoms with E-state index in [1.54, 1.807) is 23.1 Å². The van der Waals surface area contributed by atoms with E-state index in [4.69, 9.17) is 16.3 Å². The number of nitrogens with zero attached hydrogens (tertiary/aromatic N) is 1. The molecule has 1 N–H and O–H groups in total. The predicted octanol–water partition coefficient (Wildman–Crippen LogP) is 5.21. The molecule has 5 nitrogen and oxygen atoms in total. The summed E-state index contributed by atoms with van der Waals surface area (Å²) in [5, 5.41) is 3.36. The third-order valence-corrected chi connectivity index (χ3v) is 5.44. The molecule has 0 aliphatic heterocycles. The van der Waals surface area contributed by atoms with Gasteiger partial charge in [-0.2, -0.15) is 0 Å². The van der Waals surface area contributed by atoms with Gasteiger partial charge in [-0.05, 0) is 36.6 Å². The van der Waals surface area contributed by atoms with Gasteiger partial charge in [0.2, 0.25) is 5.91 Å². The zero-order chi connectivity index (χ0) is 21.9. The number of hydrogen-bond donors (Lipinski definition) is 1. The summed E-state index contributed by atoms with van der Waals surface area (Å²) in [7, 11) is 0. The molecule has 0 saturated heterocycles. The lowest BCUT2D eigenvalue weighted by atomic mass is 10.1. The number of rotatable bonds is 11. The van der Waals surface area contributed by atoms with Crippen molar-refractivity contribution in [3.8, 4) is 5.75 Å². The zero-order valence-corrected chi connectivity index (χ0v) is 19.7. The number of amides is 2. The number of halogens is 2. The normalized spacial score (nSPS) is 11.6. The summed E-state index contributed by atoms with van der Waals surface area (Å²) in [6.07, 6.45) is 2.40. The van der Waals surface area contributed by atoms with Gasteiger partial charge in [0.25, 0.3) is 5.91 Å². The first-order chi connectivity index (χ1) is 14.5. The van der Waals surface area contributed by atoms with E-state index >= 15 is 0 Å². The second-order valence-corrected chi connectivity index (χ2v) is 8.26. The molecule has 0 fully saturated rings. The lowest BCUT2D eigenvalue weighted by Gasteiger charge is -2.30. The first-order valence-corrected chi connectivity index (χ1v) is 11.3. The van der Waals surface area contributed by atoms with Crippen molar-refractivity contribution >= 4 is 39.3 Å². The smallest absolute Gasteiger partial charge is 0.261 e. The Hall–Kier alpha value is -2.05. The summed E-state index contributed by atoms with van der Waals surface area (Å²) in [6.45, 7) is 4.70. The molecule has 0 heterocycles. The molecular formula is C23H28BrClN2O3. The Bertz CT molecular complexity index is 832. The van der Waals surface area contributed by atoms with Crippen LogP contribution < -0.4 is 10.1 Å². The summed E-state index contributed by atoms with van der Waals surface area (Å²) >= 11 is 9.54. The van der Waals surface area contributed by atoms with Crippen molar-refractivity contribution in [1.29, 1.82) is 0 Å². The Kier molecular flexibility index (Phi) is 10.2. The highest BCUT2D eigenvalue weighted by molar-refractivity contribution is 9.10. The average Bonchev–Trinajstić information content (AvgIpc) is 2.73. The number of unbranched alkanes of at least 4 members (excludes halogenated alkanes) is 1. The van der Waals surface area contributed by atoms with Crippen LogP contribution >= 0.6 is 27.5 Å². The van der Waals surface area contributed by atoms with E-state index in [1.165, 1.54) is 0 Å². The summed E-state index contributed by atoms with van der Waals surface area (Å²) in [5.41, 5.74) is 0.951. The van der Waals surface area contributed by atoms with Gasteiger partial charge in [0, 0.05) is 17.6 Å². The average molecular weight is 496 g/mol. The molecule has 162 valence electrons. The third-order valence-electron chi connectivity index (χ3n) is 4.66. The van der Waals surface area contributed by atoms with Crippen LogP contribution in [-0.2, 0) is 16.1 Å². The highest BCUT2D eigenvalue weighted by atomic mass is 79.9. The Morgan fingerprint density at radius 1 is 1.17 bits per heavy atom. The van der Waals surface area contributed by atoms with E-state index in [9.17, 15) is 9.59 Å². The lowest BCUT2D eigenvalue weighted by molar-refractivity contribution is -0.143. The Morgan fingerprint density at radius 3 is 2.53 bits per heavy atom. The van der Waals surface area contributed by atoms with Crippen molar-refractivity contribution in [2.75, 3.05) is 13.2 Å². The van der Waals surface area contributed by atoms with Gasteiger partial charge in [-0.3, -0.25) is 9.59 Å². The summed E-state index contributed by atoms with van der Waals surface area (Å²) in [5.74, 6) is 0.0144. The second kappa shape index (κ2) is 12.6. The first-order valence-electron chi connectivity index (χ1n) is 10.1. The van der Waals surface area contributed by atoms with E-state index in [1.807, 2.05) is 37.3 Å². The maximum absolute atomic E-state index is 13.1. The van der Waals surface area contributed by atoms with Crippen molar-refractivity contribution in [3.63, 3.8) is 0 Å². The molecule has 0 saturated carbocycles. The van der Waals surface area contributed by atoms with Crippen LogP contribution in [0.25, 0.3) is 0 Å². The fraction of sp³-hybridized carbons (Fsp3) is 0.391. The number of nitrogens with one attached hydrogen (secondary N) is 1. The van der Waals surface area contributed by atoms with E-state index in [0.29, 0.717) is 30.3 Å². The van der Waals surface area contributed by atoms with Gasteiger partial charge in [0.05, 0.1) is 5.02 Å². The minimum atomic E-state index is -0.571. The van der Waals surface area contributed by atoms with Crippen LogP contribution in [-0.4, -0.2) is 35.9 Å². The van der Waals surface area contributed by atoms with Gasteiger partial charge in [-0.25, -0.2) is 0 Å². The molecule has 0 aliphatic carbocycles. The van der Waals surface area contributed by atoms with E-state index < -0.39 is 6.04 Å². The van der Waals surface area contributed by atoms with Gasteiger partial charge in [0.1, 0.15) is 11.8 Å². The van der Waals surface area contributed by atoms with Crippen molar-refractivity contribution in [1.82, 2.24) is 10.2 Å². The molecule has 2 aromatic rings.